The Morgan fingerprint density at radius 3 is 2.67 bits per heavy atom. The minimum Gasteiger partial charge on any atom is -0.444 e. The Morgan fingerprint density at radius 2 is 2.00 bits per heavy atom. The fourth-order valence-corrected chi connectivity index (χ4v) is 3.20. The lowest BCUT2D eigenvalue weighted by molar-refractivity contribution is 0.576. The summed E-state index contributed by atoms with van der Waals surface area (Å²) < 4.78 is 5.32. The van der Waals surface area contributed by atoms with Crippen molar-refractivity contribution in [3.8, 4) is 10.8 Å². The molecule has 18 heavy (non-hydrogen) atoms. The highest BCUT2D eigenvalue weighted by atomic mass is 32.1. The monoisotopic (exact) mass is 259 g/mol. The largest absolute Gasteiger partial charge is 0.444 e. The number of hydrogen-bond donors (Lipinski definition) is 1. The van der Waals surface area contributed by atoms with Gasteiger partial charge in [-0.25, -0.2) is 9.97 Å². The van der Waals surface area contributed by atoms with Crippen molar-refractivity contribution in [2.24, 2.45) is 0 Å². The molecule has 2 N–H and O–H groups in total. The molecule has 5 heteroatoms. The number of nitrogens with zero attached hydrogens (tertiary/aromatic N) is 2. The second-order valence-corrected chi connectivity index (χ2v) is 5.31. The lowest BCUT2D eigenvalue weighted by Gasteiger charge is -2.05. The number of aryl methyl sites for hydroxylation is 2. The molecule has 3 aromatic heterocycles. The van der Waals surface area contributed by atoms with E-state index < -0.39 is 0 Å². The first-order valence-electron chi connectivity index (χ1n) is 5.65. The predicted octanol–water partition coefficient (Wildman–Crippen LogP) is 3.46. The molecule has 0 aromatic carbocycles. The van der Waals surface area contributed by atoms with Crippen LogP contribution in [0.5, 0.6) is 0 Å². The van der Waals surface area contributed by atoms with Crippen molar-refractivity contribution in [3.63, 3.8) is 0 Å². The summed E-state index contributed by atoms with van der Waals surface area (Å²) in [5.74, 6) is 0.560. The highest BCUT2D eigenvalue weighted by Crippen LogP contribution is 2.41. The van der Waals surface area contributed by atoms with Crippen LogP contribution in [0.25, 0.3) is 21.0 Å². The molecule has 0 fully saturated rings. The number of hydrogen-bond acceptors (Lipinski definition) is 5. The Kier molecular flexibility index (Phi) is 2.38. The van der Waals surface area contributed by atoms with Crippen molar-refractivity contribution >= 4 is 27.2 Å². The predicted molar refractivity (Wildman–Crippen MR) is 73.7 cm³/mol. The van der Waals surface area contributed by atoms with E-state index in [0.717, 1.165) is 20.8 Å². The Balaban J connectivity index is 2.39. The van der Waals surface area contributed by atoms with Gasteiger partial charge in [0.2, 0.25) is 5.89 Å². The van der Waals surface area contributed by atoms with E-state index in [1.807, 2.05) is 6.92 Å². The quantitative estimate of drug-likeness (QED) is 0.726. The van der Waals surface area contributed by atoms with Crippen molar-refractivity contribution in [1.82, 2.24) is 9.97 Å². The first-order valence-corrected chi connectivity index (χ1v) is 6.47. The fourth-order valence-electron chi connectivity index (χ4n) is 2.06. The number of nitrogens with two attached hydrogens (primary N) is 1. The zero-order chi connectivity index (χ0) is 12.9. The first kappa shape index (κ1) is 11.2. The highest BCUT2D eigenvalue weighted by Gasteiger charge is 2.18. The summed E-state index contributed by atoms with van der Waals surface area (Å²) >= 11 is 1.53. The summed E-state index contributed by atoms with van der Waals surface area (Å²) in [7, 11) is 0. The standard InChI is InChI=1S/C13H13N3OS/c1-6-7(2)9-10(14)11(12-15-4-5-17-12)18-13(9)16-8(6)3/h4-5H,14H2,1-3H3. The summed E-state index contributed by atoms with van der Waals surface area (Å²) in [4.78, 5) is 10.6. The van der Waals surface area contributed by atoms with Gasteiger partial charge in [-0.1, -0.05) is 0 Å². The van der Waals surface area contributed by atoms with E-state index in [1.54, 1.807) is 12.5 Å². The summed E-state index contributed by atoms with van der Waals surface area (Å²) in [5, 5.41) is 1.02. The molecule has 4 nitrogen and oxygen atoms in total. The van der Waals surface area contributed by atoms with Crippen LogP contribution in [0.2, 0.25) is 0 Å². The van der Waals surface area contributed by atoms with Gasteiger partial charge in [0.15, 0.2) is 0 Å². The number of nitrogen functional groups attached to an aromatic ring is 1. The summed E-state index contributed by atoms with van der Waals surface area (Å²) in [6.07, 6.45) is 3.17. The van der Waals surface area contributed by atoms with E-state index in [0.29, 0.717) is 11.6 Å². The van der Waals surface area contributed by atoms with Crippen molar-refractivity contribution in [2.75, 3.05) is 5.73 Å². The first-order chi connectivity index (χ1) is 8.59. The molecule has 3 rings (SSSR count). The van der Waals surface area contributed by atoms with E-state index in [2.05, 4.69) is 23.8 Å². The van der Waals surface area contributed by atoms with Gasteiger partial charge in [0.25, 0.3) is 0 Å². The van der Waals surface area contributed by atoms with E-state index in [9.17, 15) is 0 Å². The van der Waals surface area contributed by atoms with Gasteiger partial charge in [-0.3, -0.25) is 0 Å². The molecule has 0 spiro atoms. The summed E-state index contributed by atoms with van der Waals surface area (Å²) in [6, 6.07) is 0. The number of thiophene rings is 1. The zero-order valence-electron chi connectivity index (χ0n) is 10.4. The Hall–Kier alpha value is -1.88. The van der Waals surface area contributed by atoms with Crippen molar-refractivity contribution in [1.29, 1.82) is 0 Å². The molecular weight excluding hydrogens is 246 g/mol. The van der Waals surface area contributed by atoms with E-state index in [4.69, 9.17) is 10.2 Å². The Bertz CT molecular complexity index is 729. The number of oxazole rings is 1. The minimum absolute atomic E-state index is 0.560. The number of anilines is 1. The highest BCUT2D eigenvalue weighted by molar-refractivity contribution is 7.22. The van der Waals surface area contributed by atoms with Crippen LogP contribution in [0, 0.1) is 20.8 Å². The van der Waals surface area contributed by atoms with E-state index >= 15 is 0 Å². The Labute approximate surface area is 108 Å². The lowest BCUT2D eigenvalue weighted by atomic mass is 10.1. The second-order valence-electron chi connectivity index (χ2n) is 4.31. The molecule has 3 heterocycles. The third-order valence-electron chi connectivity index (χ3n) is 3.30. The van der Waals surface area contributed by atoms with Crippen molar-refractivity contribution in [3.05, 3.63) is 29.3 Å². The maximum Gasteiger partial charge on any atom is 0.238 e. The maximum atomic E-state index is 6.22. The number of fused-ring (bicyclic) bond motifs is 1. The van der Waals surface area contributed by atoms with Crippen LogP contribution in [-0.4, -0.2) is 9.97 Å². The molecule has 0 amide bonds. The second kappa shape index (κ2) is 3.81. The van der Waals surface area contributed by atoms with Crippen LogP contribution in [0.15, 0.2) is 16.9 Å². The minimum atomic E-state index is 0.560. The summed E-state index contributed by atoms with van der Waals surface area (Å²) in [5.41, 5.74) is 10.3. The van der Waals surface area contributed by atoms with Gasteiger partial charge >= 0.3 is 0 Å². The van der Waals surface area contributed by atoms with Crippen molar-refractivity contribution < 1.29 is 4.42 Å². The lowest BCUT2D eigenvalue weighted by Crippen LogP contribution is -1.93. The molecule has 0 radical (unpaired) electrons. The fraction of sp³-hybridized carbons (Fsp3) is 0.231. The maximum absolute atomic E-state index is 6.22. The van der Waals surface area contributed by atoms with Gasteiger partial charge in [-0.05, 0) is 31.9 Å². The van der Waals surface area contributed by atoms with Crippen LogP contribution in [0.3, 0.4) is 0 Å². The third kappa shape index (κ3) is 1.44. The number of pyridine rings is 1. The van der Waals surface area contributed by atoms with Gasteiger partial charge in [-0.2, -0.15) is 0 Å². The van der Waals surface area contributed by atoms with E-state index in [-0.39, 0.29) is 0 Å². The van der Waals surface area contributed by atoms with Gasteiger partial charge in [0.1, 0.15) is 16.0 Å². The number of rotatable bonds is 1. The van der Waals surface area contributed by atoms with Crippen LogP contribution in [0.4, 0.5) is 5.69 Å². The normalized spacial score (nSPS) is 11.3. The van der Waals surface area contributed by atoms with Crippen molar-refractivity contribution in [2.45, 2.75) is 20.8 Å². The summed E-state index contributed by atoms with van der Waals surface area (Å²) in [6.45, 7) is 6.16. The van der Waals surface area contributed by atoms with Gasteiger partial charge < -0.3 is 10.2 Å². The van der Waals surface area contributed by atoms with E-state index in [1.165, 1.54) is 22.5 Å². The molecule has 0 unspecified atom stereocenters. The molecule has 0 saturated carbocycles. The molecule has 0 aliphatic heterocycles. The molecule has 3 aromatic rings. The topological polar surface area (TPSA) is 64.9 Å². The van der Waals surface area contributed by atoms with Gasteiger partial charge in [0, 0.05) is 11.1 Å². The Morgan fingerprint density at radius 1 is 1.22 bits per heavy atom. The molecule has 0 aliphatic rings. The molecule has 0 bridgehead atoms. The van der Waals surface area contributed by atoms with Gasteiger partial charge in [-0.15, -0.1) is 11.3 Å². The molecule has 0 aliphatic carbocycles. The number of aromatic nitrogens is 2. The van der Waals surface area contributed by atoms with Crippen LogP contribution in [-0.2, 0) is 0 Å². The third-order valence-corrected chi connectivity index (χ3v) is 4.39. The molecular formula is C13H13N3OS. The average molecular weight is 259 g/mol. The van der Waals surface area contributed by atoms with Gasteiger partial charge in [0.05, 0.1) is 11.9 Å². The average Bonchev–Trinajstić information content (AvgIpc) is 2.94. The molecule has 92 valence electrons. The van der Waals surface area contributed by atoms with Crippen LogP contribution in [0.1, 0.15) is 16.8 Å². The SMILES string of the molecule is Cc1nc2sc(-c3ncco3)c(N)c2c(C)c1C. The van der Waals surface area contributed by atoms with Crippen LogP contribution >= 0.6 is 11.3 Å². The molecule has 0 atom stereocenters. The smallest absolute Gasteiger partial charge is 0.238 e. The van der Waals surface area contributed by atoms with Crippen LogP contribution < -0.4 is 5.73 Å². The zero-order valence-corrected chi connectivity index (χ0v) is 11.3. The molecule has 0 saturated heterocycles.